The minimum atomic E-state index is -0.577. The smallest absolute Gasteiger partial charge is 1.00 e. The van der Waals surface area contributed by atoms with Crippen LogP contribution in [0, 0.1) is 20.2 Å². The first-order chi connectivity index (χ1) is 19.2. The van der Waals surface area contributed by atoms with Crippen molar-refractivity contribution in [1.29, 1.82) is 0 Å². The van der Waals surface area contributed by atoms with Gasteiger partial charge in [-0.15, -0.1) is 0 Å². The Balaban J connectivity index is 0.000000779. The summed E-state index contributed by atoms with van der Waals surface area (Å²) in [6.45, 7) is 0. The van der Waals surface area contributed by atoms with Crippen LogP contribution in [0.5, 0.6) is 23.0 Å². The van der Waals surface area contributed by atoms with Crippen molar-refractivity contribution in [3.8, 4) is 45.3 Å². The first-order valence-electron chi connectivity index (χ1n) is 11.7. The maximum Gasteiger partial charge on any atom is 1.00 e. The van der Waals surface area contributed by atoms with Gasteiger partial charge in [-0.05, 0) is 24.3 Å². The maximum absolute atomic E-state index is 11.1. The third-order valence-electron chi connectivity index (χ3n) is 5.87. The fourth-order valence-electron chi connectivity index (χ4n) is 4.18. The SMILES string of the molecule is COc1c(-c2cccc([N+](=O)[O-])c2OC)cccc1[N+](=O)[O-].COc1c(N)cccc1-c1cccc(N)c1OC.[B].[H-].[Na+]. The maximum atomic E-state index is 11.1. The quantitative estimate of drug-likeness (QED) is 0.136. The second-order valence-electron chi connectivity index (χ2n) is 8.09. The molecular formula is C28H29BN4NaO8. The van der Waals surface area contributed by atoms with Gasteiger partial charge in [0.25, 0.3) is 0 Å². The molecule has 4 aromatic rings. The Morgan fingerprint density at radius 1 is 0.548 bits per heavy atom. The van der Waals surface area contributed by atoms with E-state index in [1.807, 2.05) is 24.3 Å². The molecule has 0 aromatic heterocycles. The van der Waals surface area contributed by atoms with Gasteiger partial charge >= 0.3 is 40.9 Å². The van der Waals surface area contributed by atoms with Crippen LogP contribution in [-0.2, 0) is 0 Å². The van der Waals surface area contributed by atoms with Crippen LogP contribution in [0.15, 0.2) is 72.8 Å². The molecule has 0 heterocycles. The van der Waals surface area contributed by atoms with Crippen LogP contribution in [0.4, 0.5) is 22.7 Å². The minimum Gasteiger partial charge on any atom is -1.00 e. The standard InChI is InChI=1S/C14H12N2O6.C14H16N2O2.B.Na.H/c1-21-13-9(5-3-7-11(13)15(17)18)10-6-4-8-12(16(19)20)14(10)22-2;1-17-13-9(5-3-7-11(13)15)10-6-4-8-12(16)14(10)18-2;;;/h3-8H,1-2H3;3-8H,15-16H2,1-2H3;;;/q;;;+1;-1. The van der Waals surface area contributed by atoms with Crippen molar-refractivity contribution in [2.24, 2.45) is 0 Å². The number of nitrogen functional groups attached to an aromatic ring is 2. The van der Waals surface area contributed by atoms with Gasteiger partial charge in [-0.2, -0.15) is 0 Å². The Morgan fingerprint density at radius 2 is 0.810 bits per heavy atom. The molecule has 0 fully saturated rings. The number of methoxy groups -OCH3 is 4. The Bertz CT molecular complexity index is 1450. The molecule has 0 bridgehead atoms. The summed E-state index contributed by atoms with van der Waals surface area (Å²) in [6.07, 6.45) is 0. The van der Waals surface area contributed by atoms with Crippen LogP contribution in [0.25, 0.3) is 22.3 Å². The van der Waals surface area contributed by atoms with Crippen molar-refractivity contribution >= 4 is 31.2 Å². The monoisotopic (exact) mass is 583 g/mol. The molecule has 12 nitrogen and oxygen atoms in total. The molecule has 3 radical (unpaired) electrons. The van der Waals surface area contributed by atoms with E-state index in [2.05, 4.69) is 0 Å². The number of benzene rings is 4. The van der Waals surface area contributed by atoms with Gasteiger partial charge in [-0.25, -0.2) is 0 Å². The van der Waals surface area contributed by atoms with Crippen LogP contribution in [-0.4, -0.2) is 46.7 Å². The first kappa shape index (κ1) is 35.6. The van der Waals surface area contributed by atoms with Crippen LogP contribution in [0.2, 0.25) is 0 Å². The average Bonchev–Trinajstić information content (AvgIpc) is 2.96. The fourth-order valence-corrected chi connectivity index (χ4v) is 4.18. The summed E-state index contributed by atoms with van der Waals surface area (Å²) >= 11 is 0. The van der Waals surface area contributed by atoms with Gasteiger partial charge in [-0.3, -0.25) is 20.2 Å². The number of hydrogen-bond donors (Lipinski definition) is 2. The van der Waals surface area contributed by atoms with Gasteiger partial charge in [0, 0.05) is 42.8 Å². The minimum absolute atomic E-state index is 0. The molecular weight excluding hydrogens is 554 g/mol. The Labute approximate surface area is 268 Å². The summed E-state index contributed by atoms with van der Waals surface area (Å²) in [5.41, 5.74) is 14.9. The van der Waals surface area contributed by atoms with E-state index in [1.54, 1.807) is 38.5 Å². The zero-order valence-corrected chi connectivity index (χ0v) is 25.8. The van der Waals surface area contributed by atoms with Gasteiger partial charge in [0.2, 0.25) is 11.5 Å². The van der Waals surface area contributed by atoms with Gasteiger partial charge in [0.15, 0.2) is 0 Å². The van der Waals surface area contributed by atoms with Crippen molar-refractivity contribution in [2.45, 2.75) is 0 Å². The van der Waals surface area contributed by atoms with E-state index in [9.17, 15) is 20.2 Å². The van der Waals surface area contributed by atoms with E-state index < -0.39 is 9.85 Å². The molecule has 0 unspecified atom stereocenters. The van der Waals surface area contributed by atoms with Crippen LogP contribution in [0.1, 0.15) is 1.43 Å². The zero-order valence-electron chi connectivity index (χ0n) is 24.8. The number of nitro groups is 2. The van der Waals surface area contributed by atoms with Crippen molar-refractivity contribution < 1.29 is 59.8 Å². The topological polar surface area (TPSA) is 175 Å². The molecule has 4 N–H and O–H groups in total. The molecule has 0 amide bonds. The Kier molecular flexibility index (Phi) is 13.6. The van der Waals surface area contributed by atoms with Crippen LogP contribution < -0.4 is 60.0 Å². The summed E-state index contributed by atoms with van der Waals surface area (Å²) < 4.78 is 20.9. The van der Waals surface area contributed by atoms with E-state index in [0.29, 0.717) is 34.0 Å². The van der Waals surface area contributed by atoms with E-state index in [1.165, 1.54) is 38.5 Å². The average molecular weight is 583 g/mol. The van der Waals surface area contributed by atoms with E-state index in [0.717, 1.165) is 11.1 Å². The van der Waals surface area contributed by atoms with Gasteiger partial charge in [0.1, 0.15) is 11.5 Å². The number of nitro benzene ring substituents is 2. The van der Waals surface area contributed by atoms with Crippen LogP contribution >= 0.6 is 0 Å². The molecule has 0 aliphatic heterocycles. The summed E-state index contributed by atoms with van der Waals surface area (Å²) in [5.74, 6) is 1.29. The zero-order chi connectivity index (χ0) is 29.4. The second kappa shape index (κ2) is 16.1. The summed E-state index contributed by atoms with van der Waals surface area (Å²) in [6, 6.07) is 19.9. The Morgan fingerprint density at radius 3 is 1.07 bits per heavy atom. The molecule has 14 heteroatoms. The number of para-hydroxylation sites is 4. The molecule has 0 atom stereocenters. The van der Waals surface area contributed by atoms with Crippen molar-refractivity contribution in [1.82, 2.24) is 0 Å². The molecule has 0 saturated heterocycles. The number of ether oxygens (including phenoxy) is 4. The normalized spacial score (nSPS) is 9.62. The number of hydrogen-bond acceptors (Lipinski definition) is 10. The molecule has 4 rings (SSSR count). The molecule has 0 spiro atoms. The molecule has 0 saturated carbocycles. The molecule has 4 aromatic carbocycles. The summed E-state index contributed by atoms with van der Waals surface area (Å²) in [4.78, 5) is 21.0. The second-order valence-corrected chi connectivity index (χ2v) is 8.09. The number of rotatable bonds is 8. The molecule has 0 aliphatic carbocycles. The number of nitrogens with two attached hydrogens (primary N) is 2. The largest absolute Gasteiger partial charge is 1.00 e. The van der Waals surface area contributed by atoms with Gasteiger partial charge < -0.3 is 31.8 Å². The predicted octanol–water partition coefficient (Wildman–Crippen LogP) is 2.46. The predicted molar refractivity (Wildman–Crippen MR) is 159 cm³/mol. The van der Waals surface area contributed by atoms with E-state index in [4.69, 9.17) is 30.4 Å². The third kappa shape index (κ3) is 7.43. The van der Waals surface area contributed by atoms with Crippen molar-refractivity contribution in [3.63, 3.8) is 0 Å². The third-order valence-corrected chi connectivity index (χ3v) is 5.87. The van der Waals surface area contributed by atoms with Crippen LogP contribution in [0.3, 0.4) is 0 Å². The summed E-state index contributed by atoms with van der Waals surface area (Å²) in [5, 5.41) is 22.2. The molecule has 213 valence electrons. The Hall–Kier alpha value is -4.46. The summed E-state index contributed by atoms with van der Waals surface area (Å²) in [7, 11) is 5.78. The van der Waals surface area contributed by atoms with E-state index in [-0.39, 0.29) is 62.3 Å². The first-order valence-corrected chi connectivity index (χ1v) is 11.7. The molecule has 42 heavy (non-hydrogen) atoms. The number of nitrogens with zero attached hydrogens (tertiary/aromatic N) is 2. The van der Waals surface area contributed by atoms with Crippen molar-refractivity contribution in [3.05, 3.63) is 93.0 Å². The van der Waals surface area contributed by atoms with Gasteiger partial charge in [0.05, 0.1) is 49.7 Å². The van der Waals surface area contributed by atoms with E-state index >= 15 is 0 Å². The number of anilines is 2. The van der Waals surface area contributed by atoms with Gasteiger partial charge in [-0.1, -0.05) is 36.4 Å². The fraction of sp³-hybridized carbons (Fsp3) is 0.143. The molecule has 0 aliphatic rings. The van der Waals surface area contributed by atoms with Crippen molar-refractivity contribution in [2.75, 3.05) is 39.9 Å².